The average molecular weight is 266 g/mol. The van der Waals surface area contributed by atoms with Crippen molar-refractivity contribution in [3.63, 3.8) is 0 Å². The molecule has 0 aromatic carbocycles. The molecule has 0 spiro atoms. The SMILES string of the molecule is Cc1ncsc1CCC(CNC1CC1)CC(C)C. The molecule has 1 aromatic rings. The van der Waals surface area contributed by atoms with Crippen molar-refractivity contribution in [1.29, 1.82) is 0 Å². The number of nitrogens with one attached hydrogen (secondary N) is 1. The molecular weight excluding hydrogens is 240 g/mol. The Kier molecular flexibility index (Phi) is 5.19. The third-order valence-electron chi connectivity index (χ3n) is 3.70. The lowest BCUT2D eigenvalue weighted by molar-refractivity contribution is 0.366. The molecule has 1 aliphatic rings. The lowest BCUT2D eigenvalue weighted by Gasteiger charge is -2.19. The van der Waals surface area contributed by atoms with E-state index in [1.807, 2.05) is 16.8 Å². The van der Waals surface area contributed by atoms with E-state index in [0.717, 1.165) is 17.9 Å². The minimum Gasteiger partial charge on any atom is -0.314 e. The van der Waals surface area contributed by atoms with Crippen LogP contribution in [0.1, 0.15) is 50.1 Å². The zero-order chi connectivity index (χ0) is 13.0. The summed E-state index contributed by atoms with van der Waals surface area (Å²) in [7, 11) is 0. The van der Waals surface area contributed by atoms with Crippen molar-refractivity contribution >= 4 is 11.3 Å². The van der Waals surface area contributed by atoms with Gasteiger partial charge in [0.25, 0.3) is 0 Å². The van der Waals surface area contributed by atoms with E-state index < -0.39 is 0 Å². The maximum atomic E-state index is 4.34. The molecule has 1 N–H and O–H groups in total. The van der Waals surface area contributed by atoms with Crippen molar-refractivity contribution in [3.8, 4) is 0 Å². The van der Waals surface area contributed by atoms with Gasteiger partial charge in [0.05, 0.1) is 11.2 Å². The Balaban J connectivity index is 1.77. The molecule has 1 atom stereocenters. The molecule has 1 fully saturated rings. The summed E-state index contributed by atoms with van der Waals surface area (Å²) in [5, 5.41) is 3.69. The second kappa shape index (κ2) is 6.67. The molecule has 1 unspecified atom stereocenters. The van der Waals surface area contributed by atoms with Crippen molar-refractivity contribution in [1.82, 2.24) is 10.3 Å². The van der Waals surface area contributed by atoms with E-state index in [1.54, 1.807) is 0 Å². The van der Waals surface area contributed by atoms with Crippen molar-refractivity contribution in [3.05, 3.63) is 16.1 Å². The molecule has 1 heterocycles. The Hall–Kier alpha value is -0.410. The van der Waals surface area contributed by atoms with Gasteiger partial charge in [-0.15, -0.1) is 11.3 Å². The second-order valence-corrected chi connectivity index (χ2v) is 7.02. The van der Waals surface area contributed by atoms with E-state index >= 15 is 0 Å². The van der Waals surface area contributed by atoms with Crippen LogP contribution in [-0.2, 0) is 6.42 Å². The number of hydrogen-bond acceptors (Lipinski definition) is 3. The van der Waals surface area contributed by atoms with Crippen molar-refractivity contribution in [2.75, 3.05) is 6.54 Å². The summed E-state index contributed by atoms with van der Waals surface area (Å²) in [6.45, 7) is 8.01. The molecule has 2 nitrogen and oxygen atoms in total. The topological polar surface area (TPSA) is 24.9 Å². The van der Waals surface area contributed by atoms with Crippen molar-refractivity contribution in [2.45, 2.75) is 58.9 Å². The van der Waals surface area contributed by atoms with Crippen LogP contribution in [0, 0.1) is 18.8 Å². The molecule has 1 aromatic heterocycles. The molecule has 0 bridgehead atoms. The van der Waals surface area contributed by atoms with Gasteiger partial charge in [-0.3, -0.25) is 0 Å². The smallest absolute Gasteiger partial charge is 0.0797 e. The molecule has 0 radical (unpaired) electrons. The number of aromatic nitrogens is 1. The highest BCUT2D eigenvalue weighted by Crippen LogP contribution is 2.23. The lowest BCUT2D eigenvalue weighted by atomic mass is 9.92. The predicted octanol–water partition coefficient (Wildman–Crippen LogP) is 3.80. The fourth-order valence-electron chi connectivity index (χ4n) is 2.49. The Morgan fingerprint density at radius 1 is 1.44 bits per heavy atom. The molecule has 0 saturated heterocycles. The van der Waals surface area contributed by atoms with Crippen LogP contribution in [0.25, 0.3) is 0 Å². The second-order valence-electron chi connectivity index (χ2n) is 6.08. The summed E-state index contributed by atoms with van der Waals surface area (Å²) < 4.78 is 0. The summed E-state index contributed by atoms with van der Waals surface area (Å²) >= 11 is 1.82. The predicted molar refractivity (Wildman–Crippen MR) is 79.1 cm³/mol. The summed E-state index contributed by atoms with van der Waals surface area (Å²) in [6.07, 6.45) is 6.64. The maximum absolute atomic E-state index is 4.34. The van der Waals surface area contributed by atoms with Crippen LogP contribution in [0.3, 0.4) is 0 Å². The summed E-state index contributed by atoms with van der Waals surface area (Å²) in [5.74, 6) is 1.63. The van der Waals surface area contributed by atoms with Crippen LogP contribution < -0.4 is 5.32 Å². The van der Waals surface area contributed by atoms with Crippen LogP contribution in [0.15, 0.2) is 5.51 Å². The van der Waals surface area contributed by atoms with Gasteiger partial charge in [0.15, 0.2) is 0 Å². The molecule has 1 aliphatic carbocycles. The molecule has 1 saturated carbocycles. The molecule has 2 rings (SSSR count). The van der Waals surface area contributed by atoms with Gasteiger partial charge in [0.1, 0.15) is 0 Å². The molecule has 102 valence electrons. The minimum absolute atomic E-state index is 0.804. The van der Waals surface area contributed by atoms with Gasteiger partial charge < -0.3 is 5.32 Å². The van der Waals surface area contributed by atoms with Gasteiger partial charge in [0, 0.05) is 10.9 Å². The van der Waals surface area contributed by atoms with Crippen LogP contribution in [-0.4, -0.2) is 17.6 Å². The number of thiazole rings is 1. The number of aryl methyl sites for hydroxylation is 2. The standard InChI is InChI=1S/C15H26N2S/c1-11(2)8-13(9-16-14-5-6-14)4-7-15-12(3)17-10-18-15/h10-11,13-14,16H,4-9H2,1-3H3. The largest absolute Gasteiger partial charge is 0.314 e. The van der Waals surface area contributed by atoms with E-state index in [0.29, 0.717) is 0 Å². The average Bonchev–Trinajstić information content (AvgIpc) is 3.05. The van der Waals surface area contributed by atoms with Crippen LogP contribution in [0.5, 0.6) is 0 Å². The zero-order valence-electron chi connectivity index (χ0n) is 11.9. The zero-order valence-corrected chi connectivity index (χ0v) is 12.7. The Labute approximate surface area is 115 Å². The first-order valence-electron chi connectivity index (χ1n) is 7.27. The van der Waals surface area contributed by atoms with Crippen molar-refractivity contribution in [2.24, 2.45) is 11.8 Å². The monoisotopic (exact) mass is 266 g/mol. The quantitative estimate of drug-likeness (QED) is 0.774. The number of nitrogens with zero attached hydrogens (tertiary/aromatic N) is 1. The van der Waals surface area contributed by atoms with Gasteiger partial charge in [-0.1, -0.05) is 13.8 Å². The third-order valence-corrected chi connectivity index (χ3v) is 4.70. The molecule has 0 amide bonds. The van der Waals surface area contributed by atoms with Crippen LogP contribution in [0.2, 0.25) is 0 Å². The Bertz CT molecular complexity index is 355. The van der Waals surface area contributed by atoms with Gasteiger partial charge in [-0.2, -0.15) is 0 Å². The first kappa shape index (κ1) is 14.0. The van der Waals surface area contributed by atoms with E-state index in [9.17, 15) is 0 Å². The maximum Gasteiger partial charge on any atom is 0.0797 e. The third kappa shape index (κ3) is 4.69. The van der Waals surface area contributed by atoms with E-state index in [-0.39, 0.29) is 0 Å². The van der Waals surface area contributed by atoms with Gasteiger partial charge in [0.2, 0.25) is 0 Å². The van der Waals surface area contributed by atoms with Gasteiger partial charge >= 0.3 is 0 Å². The van der Waals surface area contributed by atoms with Gasteiger partial charge in [-0.25, -0.2) is 4.98 Å². The Morgan fingerprint density at radius 2 is 2.22 bits per heavy atom. The summed E-state index contributed by atoms with van der Waals surface area (Å²) in [4.78, 5) is 5.82. The van der Waals surface area contributed by atoms with E-state index in [2.05, 4.69) is 31.1 Å². The van der Waals surface area contributed by atoms with E-state index in [4.69, 9.17) is 0 Å². The highest BCUT2D eigenvalue weighted by molar-refractivity contribution is 7.09. The number of rotatable bonds is 8. The molecule has 18 heavy (non-hydrogen) atoms. The Morgan fingerprint density at radius 3 is 2.78 bits per heavy atom. The first-order valence-corrected chi connectivity index (χ1v) is 8.15. The normalized spacial score (nSPS) is 17.3. The van der Waals surface area contributed by atoms with E-state index in [1.165, 1.54) is 49.2 Å². The highest BCUT2D eigenvalue weighted by atomic mass is 32.1. The lowest BCUT2D eigenvalue weighted by Crippen LogP contribution is -2.26. The van der Waals surface area contributed by atoms with Crippen LogP contribution >= 0.6 is 11.3 Å². The van der Waals surface area contributed by atoms with Crippen molar-refractivity contribution < 1.29 is 0 Å². The van der Waals surface area contributed by atoms with Gasteiger partial charge in [-0.05, 0) is 57.4 Å². The van der Waals surface area contributed by atoms with Crippen LogP contribution in [0.4, 0.5) is 0 Å². The molecule has 3 heteroatoms. The number of hydrogen-bond donors (Lipinski definition) is 1. The molecule has 0 aliphatic heterocycles. The fraction of sp³-hybridized carbons (Fsp3) is 0.800. The summed E-state index contributed by atoms with van der Waals surface area (Å²) in [5.41, 5.74) is 3.21. The minimum atomic E-state index is 0.804. The fourth-order valence-corrected chi connectivity index (χ4v) is 3.29. The highest BCUT2D eigenvalue weighted by Gasteiger charge is 2.22. The summed E-state index contributed by atoms with van der Waals surface area (Å²) in [6, 6.07) is 0.838. The molecular formula is C15H26N2S. The first-order chi connectivity index (χ1) is 8.65.